The lowest BCUT2D eigenvalue weighted by Crippen LogP contribution is -2.61. The Morgan fingerprint density at radius 3 is 1.50 bits per heavy atom. The largest absolute Gasteiger partial charge is 0.397 e. The van der Waals surface area contributed by atoms with Crippen molar-refractivity contribution in [1.82, 2.24) is 5.32 Å². The topological polar surface area (TPSA) is 192 Å². The van der Waals surface area contributed by atoms with Crippen LogP contribution >= 0.6 is 0 Å². The first-order valence-corrected chi connectivity index (χ1v) is 24.9. The van der Waals surface area contributed by atoms with E-state index in [0.29, 0.717) is 6.42 Å². The Morgan fingerprint density at radius 2 is 1.09 bits per heavy atom. The van der Waals surface area contributed by atoms with E-state index >= 15 is 0 Å². The molecular weight excluding hydrogens is 763 g/mol. The monoisotopic (exact) mass is 850 g/mol. The van der Waals surface area contributed by atoms with Crippen molar-refractivity contribution >= 4 is 16.3 Å². The number of ether oxygens (including phenoxy) is 2. The SMILES string of the molecule is CCCCCCCCCCCC/C=C/C(O)C(COC1OC(CO)C(O)C(OS(=O)(=O)O)C1O)NC(=O)CCCCCCCCCCCCCCCCCCCCC. The van der Waals surface area contributed by atoms with Gasteiger partial charge in [-0.1, -0.05) is 199 Å². The fourth-order valence-corrected chi connectivity index (χ4v) is 8.14. The molecule has 0 aromatic rings. The number of rotatable bonds is 40. The number of unbranched alkanes of at least 4 members (excludes halogenated alkanes) is 28. The Balaban J connectivity index is 2.47. The molecule has 1 aliphatic rings. The Labute approximate surface area is 353 Å². The second-order valence-corrected chi connectivity index (χ2v) is 17.8. The third-order valence-corrected chi connectivity index (χ3v) is 11.8. The van der Waals surface area contributed by atoms with Gasteiger partial charge in [-0.3, -0.25) is 9.35 Å². The van der Waals surface area contributed by atoms with Crippen LogP contribution in [0.3, 0.4) is 0 Å². The summed E-state index contributed by atoms with van der Waals surface area (Å²) in [6.45, 7) is 3.38. The molecule has 58 heavy (non-hydrogen) atoms. The molecule has 1 amide bonds. The van der Waals surface area contributed by atoms with Crippen LogP contribution in [-0.2, 0) is 28.9 Å². The van der Waals surface area contributed by atoms with Crippen molar-refractivity contribution in [2.24, 2.45) is 0 Å². The van der Waals surface area contributed by atoms with Gasteiger partial charge in [0, 0.05) is 6.42 Å². The highest BCUT2D eigenvalue weighted by Gasteiger charge is 2.48. The summed E-state index contributed by atoms with van der Waals surface area (Å²) in [5.74, 6) is -0.260. The smallest absolute Gasteiger partial charge is 0.394 e. The van der Waals surface area contributed by atoms with Crippen molar-refractivity contribution in [2.75, 3.05) is 13.2 Å². The number of aliphatic hydroxyl groups is 4. The summed E-state index contributed by atoms with van der Waals surface area (Å²) in [4.78, 5) is 13.0. The van der Waals surface area contributed by atoms with Gasteiger partial charge in [0.1, 0.15) is 24.4 Å². The van der Waals surface area contributed by atoms with Crippen LogP contribution < -0.4 is 5.32 Å². The Hall–Kier alpha value is -1.16. The van der Waals surface area contributed by atoms with E-state index in [0.717, 1.165) is 38.5 Å². The lowest BCUT2D eigenvalue weighted by atomic mass is 9.99. The summed E-state index contributed by atoms with van der Waals surface area (Å²) in [7, 11) is -5.08. The van der Waals surface area contributed by atoms with Crippen molar-refractivity contribution in [3.05, 3.63) is 12.2 Å². The number of hydrogen-bond donors (Lipinski definition) is 6. The van der Waals surface area contributed by atoms with Crippen LogP contribution in [0.25, 0.3) is 0 Å². The van der Waals surface area contributed by atoms with Crippen molar-refractivity contribution in [2.45, 2.75) is 256 Å². The highest BCUT2D eigenvalue weighted by molar-refractivity contribution is 7.80. The van der Waals surface area contributed by atoms with E-state index in [1.807, 2.05) is 6.08 Å². The second kappa shape index (κ2) is 36.5. The molecule has 1 heterocycles. The highest BCUT2D eigenvalue weighted by atomic mass is 32.3. The van der Waals surface area contributed by atoms with Crippen molar-refractivity contribution < 1.29 is 51.8 Å². The minimum absolute atomic E-state index is 0.260. The molecule has 13 heteroatoms. The van der Waals surface area contributed by atoms with Gasteiger partial charge in [-0.15, -0.1) is 0 Å². The number of nitrogens with one attached hydrogen (secondary N) is 1. The van der Waals surface area contributed by atoms with E-state index in [9.17, 15) is 38.2 Å². The van der Waals surface area contributed by atoms with E-state index < -0.39 is 59.9 Å². The third kappa shape index (κ3) is 29.2. The quantitative estimate of drug-likeness (QED) is 0.0196. The fourth-order valence-electron chi connectivity index (χ4n) is 7.63. The van der Waals surface area contributed by atoms with Crippen LogP contribution in [0.5, 0.6) is 0 Å². The van der Waals surface area contributed by atoms with Crippen LogP contribution in [-0.4, -0.2) is 95.4 Å². The molecule has 0 bridgehead atoms. The summed E-state index contributed by atoms with van der Waals surface area (Å²) in [6.07, 6.45) is 31.1. The first-order chi connectivity index (χ1) is 28.0. The molecule has 7 unspecified atom stereocenters. The second-order valence-electron chi connectivity index (χ2n) is 16.7. The molecule has 0 aliphatic carbocycles. The van der Waals surface area contributed by atoms with Gasteiger partial charge in [-0.25, -0.2) is 4.18 Å². The number of carbonyl (C=O) groups excluding carboxylic acids is 1. The number of allylic oxidation sites excluding steroid dienone is 1. The third-order valence-electron chi connectivity index (χ3n) is 11.3. The Morgan fingerprint density at radius 1 is 0.672 bits per heavy atom. The van der Waals surface area contributed by atoms with Gasteiger partial charge in [0.15, 0.2) is 6.29 Å². The summed E-state index contributed by atoms with van der Waals surface area (Å²) in [6, 6.07) is -0.937. The summed E-state index contributed by atoms with van der Waals surface area (Å²) >= 11 is 0. The maximum absolute atomic E-state index is 13.0. The van der Waals surface area contributed by atoms with Crippen LogP contribution in [0.15, 0.2) is 12.2 Å². The van der Waals surface area contributed by atoms with Crippen molar-refractivity contribution in [3.8, 4) is 0 Å². The lowest BCUT2D eigenvalue weighted by molar-refractivity contribution is -0.298. The number of aliphatic hydroxyl groups excluding tert-OH is 4. The molecule has 1 rings (SSSR count). The van der Waals surface area contributed by atoms with E-state index in [4.69, 9.17) is 9.47 Å². The molecule has 0 radical (unpaired) electrons. The molecule has 0 aromatic carbocycles. The predicted molar refractivity (Wildman–Crippen MR) is 232 cm³/mol. The Bertz CT molecular complexity index is 1090. The zero-order valence-corrected chi connectivity index (χ0v) is 37.4. The van der Waals surface area contributed by atoms with Gasteiger partial charge < -0.3 is 35.2 Å². The molecule has 0 saturated carbocycles. The van der Waals surface area contributed by atoms with Crippen LogP contribution in [0.4, 0.5) is 0 Å². The molecule has 1 fully saturated rings. The minimum Gasteiger partial charge on any atom is -0.394 e. The van der Waals surface area contributed by atoms with Gasteiger partial charge in [-0.05, 0) is 19.3 Å². The summed E-state index contributed by atoms with van der Waals surface area (Å²) in [5.41, 5.74) is 0. The average Bonchev–Trinajstić information content (AvgIpc) is 3.19. The molecule has 12 nitrogen and oxygen atoms in total. The minimum atomic E-state index is -5.08. The first kappa shape index (κ1) is 54.9. The molecule has 1 saturated heterocycles. The molecule has 0 spiro atoms. The zero-order chi connectivity index (χ0) is 42.7. The first-order valence-electron chi connectivity index (χ1n) is 23.6. The van der Waals surface area contributed by atoms with E-state index in [-0.39, 0.29) is 18.9 Å². The zero-order valence-electron chi connectivity index (χ0n) is 36.6. The molecule has 7 atom stereocenters. The van der Waals surface area contributed by atoms with Gasteiger partial charge in [0.2, 0.25) is 5.91 Å². The molecule has 344 valence electrons. The van der Waals surface area contributed by atoms with Crippen molar-refractivity contribution in [1.29, 1.82) is 0 Å². The lowest BCUT2D eigenvalue weighted by Gasteiger charge is -2.41. The van der Waals surface area contributed by atoms with Gasteiger partial charge in [0.25, 0.3) is 0 Å². The predicted octanol–water partition coefficient (Wildman–Crippen LogP) is 9.16. The van der Waals surface area contributed by atoms with Crippen LogP contribution in [0.2, 0.25) is 0 Å². The van der Waals surface area contributed by atoms with Gasteiger partial charge in [-0.2, -0.15) is 8.42 Å². The van der Waals surface area contributed by atoms with Crippen LogP contribution in [0, 0.1) is 0 Å². The fraction of sp³-hybridized carbons (Fsp3) is 0.933. The molecule has 0 aromatic heterocycles. The maximum Gasteiger partial charge on any atom is 0.397 e. The highest BCUT2D eigenvalue weighted by Crippen LogP contribution is 2.26. The molecule has 1 aliphatic heterocycles. The average molecular weight is 850 g/mol. The van der Waals surface area contributed by atoms with Gasteiger partial charge in [0.05, 0.1) is 25.4 Å². The Kier molecular flexibility index (Phi) is 34.5. The summed E-state index contributed by atoms with van der Waals surface area (Å²) < 4.78 is 47.5. The van der Waals surface area contributed by atoms with Crippen molar-refractivity contribution in [3.63, 3.8) is 0 Å². The standard InChI is InChI=1S/C45H87NO11S/c1-3-5-7-9-11-13-15-17-18-19-20-21-22-23-25-27-29-31-33-35-41(49)46-38(39(48)34-32-30-28-26-24-16-14-12-10-8-6-4-2)37-55-45-43(51)44(57-58(52,53)54)42(50)40(36-47)56-45/h32,34,38-40,42-45,47-48,50-51H,3-31,33,35-37H2,1-2H3,(H,46,49)(H,52,53,54)/b34-32+. The van der Waals surface area contributed by atoms with E-state index in [2.05, 4.69) is 23.3 Å². The number of amides is 1. The molecular formula is C45H87NO11S. The number of hydrogen-bond acceptors (Lipinski definition) is 10. The summed E-state index contributed by atoms with van der Waals surface area (Å²) in [5, 5.41) is 44.6. The van der Waals surface area contributed by atoms with Crippen LogP contribution in [0.1, 0.15) is 213 Å². The van der Waals surface area contributed by atoms with Gasteiger partial charge >= 0.3 is 10.4 Å². The normalized spacial score (nSPS) is 21.1. The maximum atomic E-state index is 13.0. The van der Waals surface area contributed by atoms with E-state index in [1.54, 1.807) is 6.08 Å². The molecule has 6 N–H and O–H groups in total. The number of carbonyl (C=O) groups is 1. The van der Waals surface area contributed by atoms with E-state index in [1.165, 1.54) is 148 Å².